The van der Waals surface area contributed by atoms with E-state index in [2.05, 4.69) is 26.4 Å². The van der Waals surface area contributed by atoms with Crippen molar-refractivity contribution in [2.45, 2.75) is 33.3 Å². The third-order valence-corrected chi connectivity index (χ3v) is 3.61. The van der Waals surface area contributed by atoms with Crippen LogP contribution >= 0.6 is 15.9 Å². The highest BCUT2D eigenvalue weighted by Crippen LogP contribution is 2.31. The summed E-state index contributed by atoms with van der Waals surface area (Å²) in [5.41, 5.74) is 1.97. The van der Waals surface area contributed by atoms with E-state index < -0.39 is 6.09 Å². The Hall–Kier alpha value is -1.82. The molecule has 1 unspecified atom stereocenters. The number of benzene rings is 1. The maximum absolute atomic E-state index is 11.9. The average molecular weight is 353 g/mol. The Morgan fingerprint density at radius 3 is 2.71 bits per heavy atom. The number of carbonyl (C=O) groups excluding carboxylic acids is 1. The molecule has 0 aliphatic rings. The molecule has 1 amide bonds. The molecule has 0 radical (unpaired) electrons. The number of carbonyl (C=O) groups is 1. The van der Waals surface area contributed by atoms with E-state index in [9.17, 15) is 4.79 Å². The Kier molecular flexibility index (Phi) is 5.01. The minimum absolute atomic E-state index is 0.138. The molecule has 1 N–H and O–H groups in total. The van der Waals surface area contributed by atoms with Gasteiger partial charge in [-0.2, -0.15) is 0 Å². The lowest BCUT2D eigenvalue weighted by atomic mass is 10.1. The Labute approximate surface area is 131 Å². The molecule has 0 bridgehead atoms. The Balaban J connectivity index is 2.22. The van der Waals surface area contributed by atoms with E-state index in [0.717, 1.165) is 16.5 Å². The summed E-state index contributed by atoms with van der Waals surface area (Å²) in [4.78, 5) is 11.9. The summed E-state index contributed by atoms with van der Waals surface area (Å²) in [6.45, 7) is 5.57. The molecular weight excluding hydrogens is 336 g/mol. The van der Waals surface area contributed by atoms with Gasteiger partial charge < -0.3 is 9.26 Å². The maximum Gasteiger partial charge on any atom is 0.412 e. The highest BCUT2D eigenvalue weighted by Gasteiger charge is 2.18. The first kappa shape index (κ1) is 15.6. The van der Waals surface area contributed by atoms with E-state index >= 15 is 0 Å². The molecule has 2 aromatic rings. The first-order valence-corrected chi connectivity index (χ1v) is 7.50. The van der Waals surface area contributed by atoms with Crippen molar-refractivity contribution >= 4 is 27.7 Å². The second kappa shape index (κ2) is 6.76. The van der Waals surface area contributed by atoms with Crippen molar-refractivity contribution < 1.29 is 14.1 Å². The number of ether oxygens (including phenoxy) is 1. The van der Waals surface area contributed by atoms with Crippen LogP contribution in [0.4, 0.5) is 10.5 Å². The normalized spacial score (nSPS) is 12.0. The lowest BCUT2D eigenvalue weighted by Gasteiger charge is -2.11. The fourth-order valence-electron chi connectivity index (χ4n) is 1.71. The second-order valence-electron chi connectivity index (χ2n) is 4.73. The summed E-state index contributed by atoms with van der Waals surface area (Å²) in [7, 11) is 0. The zero-order valence-corrected chi connectivity index (χ0v) is 13.7. The zero-order valence-electron chi connectivity index (χ0n) is 12.1. The van der Waals surface area contributed by atoms with Gasteiger partial charge in [-0.15, -0.1) is 0 Å². The van der Waals surface area contributed by atoms with E-state index in [1.54, 1.807) is 6.92 Å². The number of nitrogens with zero attached hydrogens (tertiary/aromatic N) is 1. The van der Waals surface area contributed by atoms with Gasteiger partial charge in [0.15, 0.2) is 5.76 Å². The molecule has 0 aliphatic heterocycles. The van der Waals surface area contributed by atoms with Crippen molar-refractivity contribution in [1.29, 1.82) is 0 Å². The summed E-state index contributed by atoms with van der Waals surface area (Å²) in [5.74, 6) is 0.515. The lowest BCUT2D eigenvalue weighted by Crippen LogP contribution is -2.20. The Morgan fingerprint density at radius 1 is 1.43 bits per heavy atom. The molecule has 0 fully saturated rings. The van der Waals surface area contributed by atoms with E-state index in [1.165, 1.54) is 0 Å². The third kappa shape index (κ3) is 3.85. The fraction of sp³-hybridized carbons (Fsp3) is 0.333. The summed E-state index contributed by atoms with van der Waals surface area (Å²) in [6.07, 6.45) is 0.116. The van der Waals surface area contributed by atoms with Crippen molar-refractivity contribution in [2.75, 3.05) is 5.32 Å². The van der Waals surface area contributed by atoms with E-state index in [4.69, 9.17) is 9.26 Å². The summed E-state index contributed by atoms with van der Waals surface area (Å²) in [5, 5.41) is 6.62. The molecule has 1 aromatic heterocycles. The molecule has 5 nitrogen and oxygen atoms in total. The molecule has 1 atom stereocenters. The van der Waals surface area contributed by atoms with Crippen molar-refractivity contribution in [3.63, 3.8) is 0 Å². The van der Waals surface area contributed by atoms with Crippen LogP contribution in [0, 0.1) is 6.92 Å². The molecule has 0 spiro atoms. The van der Waals surface area contributed by atoms with Crippen LogP contribution in [0.25, 0.3) is 11.3 Å². The smallest absolute Gasteiger partial charge is 0.412 e. The molecular formula is C15H17BrN2O3. The van der Waals surface area contributed by atoms with Crippen LogP contribution in [0.5, 0.6) is 0 Å². The quantitative estimate of drug-likeness (QED) is 0.861. The molecule has 6 heteroatoms. The maximum atomic E-state index is 11.9. The van der Waals surface area contributed by atoms with Crippen LogP contribution in [0.3, 0.4) is 0 Å². The van der Waals surface area contributed by atoms with Gasteiger partial charge in [0.25, 0.3) is 0 Å². The van der Waals surface area contributed by atoms with Gasteiger partial charge in [-0.25, -0.2) is 4.79 Å². The minimum atomic E-state index is -0.506. The van der Waals surface area contributed by atoms with Gasteiger partial charge in [0.05, 0.1) is 0 Å². The zero-order chi connectivity index (χ0) is 15.4. The first-order chi connectivity index (χ1) is 10.0. The first-order valence-electron chi connectivity index (χ1n) is 6.71. The number of hydrogen-bond donors (Lipinski definition) is 1. The van der Waals surface area contributed by atoms with Gasteiger partial charge in [-0.3, -0.25) is 5.32 Å². The predicted molar refractivity (Wildman–Crippen MR) is 84.2 cm³/mol. The van der Waals surface area contributed by atoms with Crippen LogP contribution in [-0.4, -0.2) is 17.4 Å². The molecule has 2 rings (SSSR count). The van der Waals surface area contributed by atoms with Crippen LogP contribution in [-0.2, 0) is 4.74 Å². The number of anilines is 1. The number of aromatic nitrogens is 1. The highest BCUT2D eigenvalue weighted by atomic mass is 79.9. The highest BCUT2D eigenvalue weighted by molar-refractivity contribution is 9.10. The van der Waals surface area contributed by atoms with Crippen molar-refractivity contribution in [2.24, 2.45) is 0 Å². The molecule has 21 heavy (non-hydrogen) atoms. The molecule has 0 saturated carbocycles. The van der Waals surface area contributed by atoms with E-state index in [1.807, 2.05) is 38.1 Å². The van der Waals surface area contributed by atoms with Gasteiger partial charge >= 0.3 is 6.09 Å². The number of rotatable bonds is 4. The largest absolute Gasteiger partial charge is 0.446 e. The number of aryl methyl sites for hydroxylation is 1. The minimum Gasteiger partial charge on any atom is -0.446 e. The van der Waals surface area contributed by atoms with Gasteiger partial charge in [0.1, 0.15) is 17.5 Å². The molecule has 112 valence electrons. The van der Waals surface area contributed by atoms with Gasteiger partial charge in [-0.05, 0) is 44.5 Å². The van der Waals surface area contributed by atoms with Crippen LogP contribution < -0.4 is 5.32 Å². The van der Waals surface area contributed by atoms with Crippen LogP contribution in [0.1, 0.15) is 26.0 Å². The van der Waals surface area contributed by atoms with Crippen LogP contribution in [0.15, 0.2) is 33.3 Å². The monoisotopic (exact) mass is 352 g/mol. The predicted octanol–water partition coefficient (Wildman–Crippen LogP) is 4.76. The lowest BCUT2D eigenvalue weighted by molar-refractivity contribution is 0.118. The Morgan fingerprint density at radius 2 is 2.10 bits per heavy atom. The standard InChI is InChI=1S/C15H17BrN2O3/c1-4-9(2)20-15(19)17-13-10(3)18-21-14(13)11-5-7-12(16)8-6-11/h5-9H,4H2,1-3H3,(H,17,19). The van der Waals surface area contributed by atoms with E-state index in [0.29, 0.717) is 17.1 Å². The number of halogens is 1. The number of amides is 1. The van der Waals surface area contributed by atoms with Crippen molar-refractivity contribution in [1.82, 2.24) is 5.16 Å². The average Bonchev–Trinajstić information content (AvgIpc) is 2.81. The summed E-state index contributed by atoms with van der Waals surface area (Å²) >= 11 is 3.38. The fourth-order valence-corrected chi connectivity index (χ4v) is 1.98. The van der Waals surface area contributed by atoms with Gasteiger partial charge in [-0.1, -0.05) is 28.0 Å². The molecule has 0 aliphatic carbocycles. The molecule has 1 heterocycles. The Bertz CT molecular complexity index is 622. The van der Waals surface area contributed by atoms with Gasteiger partial charge in [0.2, 0.25) is 0 Å². The van der Waals surface area contributed by atoms with Crippen LogP contribution in [0.2, 0.25) is 0 Å². The summed E-state index contributed by atoms with van der Waals surface area (Å²) < 4.78 is 11.5. The second-order valence-corrected chi connectivity index (χ2v) is 5.64. The van der Waals surface area contributed by atoms with Crippen molar-refractivity contribution in [3.8, 4) is 11.3 Å². The SMILES string of the molecule is CCC(C)OC(=O)Nc1c(C)noc1-c1ccc(Br)cc1. The van der Waals surface area contributed by atoms with Crippen molar-refractivity contribution in [3.05, 3.63) is 34.4 Å². The molecule has 1 aromatic carbocycles. The topological polar surface area (TPSA) is 64.4 Å². The van der Waals surface area contributed by atoms with E-state index in [-0.39, 0.29) is 6.10 Å². The third-order valence-electron chi connectivity index (χ3n) is 3.08. The van der Waals surface area contributed by atoms with Gasteiger partial charge in [0, 0.05) is 10.0 Å². The molecule has 0 saturated heterocycles. The number of nitrogens with one attached hydrogen (secondary N) is 1. The summed E-state index contributed by atoms with van der Waals surface area (Å²) in [6, 6.07) is 7.56. The number of hydrogen-bond acceptors (Lipinski definition) is 4.